The van der Waals surface area contributed by atoms with Gasteiger partial charge in [-0.25, -0.2) is 13.2 Å². The number of sulfonamides is 1. The van der Waals surface area contributed by atoms with Crippen LogP contribution >= 0.6 is 23.4 Å². The van der Waals surface area contributed by atoms with E-state index in [1.165, 1.54) is 41.6 Å². The van der Waals surface area contributed by atoms with E-state index in [0.717, 1.165) is 5.56 Å². The predicted octanol–water partition coefficient (Wildman–Crippen LogP) is 3.13. The summed E-state index contributed by atoms with van der Waals surface area (Å²) in [7, 11) is -2.54. The molecular weight excluding hydrogens is 462 g/mol. The Balaban J connectivity index is 1.86. The molecule has 1 amide bonds. The molecule has 1 heterocycles. The van der Waals surface area contributed by atoms with Gasteiger partial charge in [-0.05, 0) is 55.2 Å². The van der Waals surface area contributed by atoms with Crippen molar-refractivity contribution < 1.29 is 17.6 Å². The van der Waals surface area contributed by atoms with Gasteiger partial charge in [0.1, 0.15) is 6.04 Å². The molecule has 3 aromatic rings. The fourth-order valence-electron chi connectivity index (χ4n) is 2.96. The molecule has 1 aromatic heterocycles. The molecular formula is C20H22ClN3O5S2. The third-order valence-corrected chi connectivity index (χ3v) is 7.11. The van der Waals surface area contributed by atoms with Crippen LogP contribution in [0.1, 0.15) is 12.0 Å². The molecule has 11 heteroatoms. The van der Waals surface area contributed by atoms with E-state index in [4.69, 9.17) is 16.0 Å². The number of aryl methyl sites for hydroxylation is 2. The van der Waals surface area contributed by atoms with E-state index < -0.39 is 27.7 Å². The summed E-state index contributed by atoms with van der Waals surface area (Å²) in [5, 5.41) is 3.06. The second-order valence-corrected chi connectivity index (χ2v) is 10.1. The number of halogens is 1. The number of nitrogens with zero attached hydrogens (tertiary/aromatic N) is 1. The molecule has 0 bridgehead atoms. The first-order valence-electron chi connectivity index (χ1n) is 9.30. The molecule has 31 heavy (non-hydrogen) atoms. The minimum absolute atomic E-state index is 0.107. The van der Waals surface area contributed by atoms with Crippen LogP contribution in [0, 0.1) is 6.92 Å². The predicted molar refractivity (Wildman–Crippen MR) is 123 cm³/mol. The maximum absolute atomic E-state index is 13.0. The van der Waals surface area contributed by atoms with E-state index in [1.54, 1.807) is 18.2 Å². The van der Waals surface area contributed by atoms with Gasteiger partial charge in [0.05, 0.1) is 21.1 Å². The fourth-order valence-corrected chi connectivity index (χ4v) is 4.96. The van der Waals surface area contributed by atoms with E-state index in [2.05, 4.69) is 10.0 Å². The Morgan fingerprint density at radius 3 is 2.68 bits per heavy atom. The first kappa shape index (κ1) is 23.4. The number of carbonyl (C=O) groups excluding carboxylic acids is 1. The molecule has 0 aliphatic rings. The lowest BCUT2D eigenvalue weighted by atomic mass is 10.2. The number of benzene rings is 2. The summed E-state index contributed by atoms with van der Waals surface area (Å²) in [6.07, 6.45) is 2.14. The van der Waals surface area contributed by atoms with Crippen molar-refractivity contribution in [1.82, 2.24) is 9.29 Å². The Morgan fingerprint density at radius 2 is 2.00 bits per heavy atom. The summed E-state index contributed by atoms with van der Waals surface area (Å²) in [5.74, 6) is -0.546. The summed E-state index contributed by atoms with van der Waals surface area (Å²) in [6, 6.07) is 8.26. The molecule has 8 nitrogen and oxygen atoms in total. The van der Waals surface area contributed by atoms with E-state index in [9.17, 15) is 18.0 Å². The van der Waals surface area contributed by atoms with E-state index in [0.29, 0.717) is 22.0 Å². The smallest absolute Gasteiger partial charge is 0.408 e. The maximum atomic E-state index is 13.0. The van der Waals surface area contributed by atoms with Crippen LogP contribution in [0.5, 0.6) is 0 Å². The highest BCUT2D eigenvalue weighted by molar-refractivity contribution is 7.98. The van der Waals surface area contributed by atoms with Crippen molar-refractivity contribution in [3.05, 3.63) is 57.5 Å². The Bertz CT molecular complexity index is 1280. The topological polar surface area (TPSA) is 110 Å². The highest BCUT2D eigenvalue weighted by Gasteiger charge is 2.26. The molecule has 0 aliphatic heterocycles. The summed E-state index contributed by atoms with van der Waals surface area (Å²) in [4.78, 5) is 24.4. The molecule has 1 atom stereocenters. The second kappa shape index (κ2) is 9.47. The van der Waals surface area contributed by atoms with Crippen molar-refractivity contribution in [2.75, 3.05) is 17.3 Å². The van der Waals surface area contributed by atoms with Gasteiger partial charge in [-0.1, -0.05) is 17.7 Å². The molecule has 0 saturated carbocycles. The first-order chi connectivity index (χ1) is 14.6. The molecule has 2 N–H and O–H groups in total. The van der Waals surface area contributed by atoms with Crippen LogP contribution < -0.4 is 15.8 Å². The van der Waals surface area contributed by atoms with Crippen molar-refractivity contribution in [3.8, 4) is 0 Å². The van der Waals surface area contributed by atoms with Crippen molar-refractivity contribution >= 4 is 56.1 Å². The van der Waals surface area contributed by atoms with Gasteiger partial charge in [-0.3, -0.25) is 9.36 Å². The van der Waals surface area contributed by atoms with Gasteiger partial charge >= 0.3 is 5.76 Å². The maximum Gasteiger partial charge on any atom is 0.419 e. The zero-order valence-electron chi connectivity index (χ0n) is 17.1. The molecule has 2 aromatic carbocycles. The molecule has 0 radical (unpaired) electrons. The van der Waals surface area contributed by atoms with Crippen LogP contribution in [0.15, 0.2) is 50.5 Å². The summed E-state index contributed by atoms with van der Waals surface area (Å²) >= 11 is 7.68. The van der Waals surface area contributed by atoms with Gasteiger partial charge in [0.2, 0.25) is 15.9 Å². The van der Waals surface area contributed by atoms with Gasteiger partial charge in [0, 0.05) is 13.1 Å². The molecule has 0 fully saturated rings. The number of rotatable bonds is 8. The molecule has 0 spiro atoms. The molecule has 0 saturated heterocycles. The fraction of sp³-hybridized carbons (Fsp3) is 0.300. The van der Waals surface area contributed by atoms with Crippen molar-refractivity contribution in [2.45, 2.75) is 24.3 Å². The Labute approximate surface area is 189 Å². The van der Waals surface area contributed by atoms with Crippen LogP contribution in [0.2, 0.25) is 5.02 Å². The molecule has 0 aliphatic carbocycles. The van der Waals surface area contributed by atoms with E-state index >= 15 is 0 Å². The van der Waals surface area contributed by atoms with Gasteiger partial charge in [0.15, 0.2) is 5.58 Å². The number of carbonyl (C=O) groups is 1. The summed E-state index contributed by atoms with van der Waals surface area (Å²) in [6.45, 7) is 1.87. The third-order valence-electron chi connectivity index (χ3n) is 4.68. The Hall–Kier alpha value is -2.27. The van der Waals surface area contributed by atoms with Crippen LogP contribution in [0.4, 0.5) is 5.69 Å². The number of amides is 1. The molecule has 3 rings (SSSR count). The number of hydrogen-bond donors (Lipinski definition) is 2. The van der Waals surface area contributed by atoms with Crippen LogP contribution in [-0.4, -0.2) is 36.9 Å². The second-order valence-electron chi connectivity index (χ2n) is 6.98. The number of oxazole rings is 1. The lowest BCUT2D eigenvalue weighted by molar-refractivity contribution is -0.117. The minimum Gasteiger partial charge on any atom is -0.408 e. The number of nitrogens with one attached hydrogen (secondary N) is 2. The third kappa shape index (κ3) is 5.32. The summed E-state index contributed by atoms with van der Waals surface area (Å²) < 4.78 is 34.7. The average molecular weight is 484 g/mol. The minimum atomic E-state index is -4.06. The lowest BCUT2D eigenvalue weighted by Gasteiger charge is -2.19. The summed E-state index contributed by atoms with van der Waals surface area (Å²) in [5.41, 5.74) is 1.95. The SMILES string of the molecule is CSCCC(NS(=O)(=O)c1ccc2c(c1)oc(=O)n2C)C(=O)Nc1ccc(C)cc1Cl. The van der Waals surface area contributed by atoms with Crippen molar-refractivity contribution in [3.63, 3.8) is 0 Å². The largest absolute Gasteiger partial charge is 0.419 e. The van der Waals surface area contributed by atoms with Gasteiger partial charge in [0.25, 0.3) is 0 Å². The normalized spacial score (nSPS) is 12.8. The highest BCUT2D eigenvalue weighted by atomic mass is 35.5. The highest BCUT2D eigenvalue weighted by Crippen LogP contribution is 2.24. The van der Waals surface area contributed by atoms with Crippen molar-refractivity contribution in [2.24, 2.45) is 7.05 Å². The average Bonchev–Trinajstić information content (AvgIpc) is 3.00. The van der Waals surface area contributed by atoms with Gasteiger partial charge in [-0.15, -0.1) is 0 Å². The Morgan fingerprint density at radius 1 is 1.26 bits per heavy atom. The van der Waals surface area contributed by atoms with Crippen LogP contribution in [0.25, 0.3) is 11.1 Å². The monoisotopic (exact) mass is 483 g/mol. The number of anilines is 1. The van der Waals surface area contributed by atoms with Gasteiger partial charge < -0.3 is 9.73 Å². The lowest BCUT2D eigenvalue weighted by Crippen LogP contribution is -2.44. The molecule has 1 unspecified atom stereocenters. The van der Waals surface area contributed by atoms with E-state index in [-0.39, 0.29) is 16.9 Å². The number of thioether (sulfide) groups is 1. The zero-order valence-corrected chi connectivity index (χ0v) is 19.5. The van der Waals surface area contributed by atoms with E-state index in [1.807, 2.05) is 13.2 Å². The Kier molecular flexibility index (Phi) is 7.15. The first-order valence-corrected chi connectivity index (χ1v) is 12.6. The van der Waals surface area contributed by atoms with Crippen molar-refractivity contribution in [1.29, 1.82) is 0 Å². The number of aromatic nitrogens is 1. The molecule has 166 valence electrons. The number of hydrogen-bond acceptors (Lipinski definition) is 6. The van der Waals surface area contributed by atoms with Crippen LogP contribution in [-0.2, 0) is 21.9 Å². The van der Waals surface area contributed by atoms with Gasteiger partial charge in [-0.2, -0.15) is 16.5 Å². The number of fused-ring (bicyclic) bond motifs is 1. The standard InChI is InChI=1S/C20H22ClN3O5S2/c1-12-4-6-15(14(21)10-12)22-19(25)16(8-9-30-3)23-31(27,28)13-5-7-17-18(11-13)29-20(26)24(17)2/h4-7,10-11,16,23H,8-9H2,1-3H3,(H,22,25). The zero-order chi connectivity index (χ0) is 22.8. The van der Waals surface area contributed by atoms with Crippen LogP contribution in [0.3, 0.4) is 0 Å². The quantitative estimate of drug-likeness (QED) is 0.509.